The normalized spacial score (nSPS) is 11.2. The monoisotopic (exact) mass is 366 g/mol. The fourth-order valence-corrected chi connectivity index (χ4v) is 3.58. The fourth-order valence-electron chi connectivity index (χ4n) is 2.89. The Kier molecular flexibility index (Phi) is 4.08. The van der Waals surface area contributed by atoms with Gasteiger partial charge in [-0.05, 0) is 37.5 Å². The number of fused-ring (bicyclic) bond motifs is 1. The predicted octanol–water partition coefficient (Wildman–Crippen LogP) is 2.53. The summed E-state index contributed by atoms with van der Waals surface area (Å²) in [6.45, 7) is 4.62. The number of anilines is 1. The standard InChI is InChI=1S/C17H18N8S/c1-10-13(26-23-21-10)9-24(3)16-14-11(2)22-25(4)17(14)20-15(19-16)12-7-5-6-8-18-12/h5-8H,9H2,1-4H3. The first-order valence-corrected chi connectivity index (χ1v) is 8.93. The molecule has 9 heteroatoms. The average Bonchev–Trinajstić information content (AvgIpc) is 3.18. The van der Waals surface area contributed by atoms with Crippen molar-refractivity contribution >= 4 is 28.4 Å². The van der Waals surface area contributed by atoms with Crippen molar-refractivity contribution in [1.29, 1.82) is 0 Å². The summed E-state index contributed by atoms with van der Waals surface area (Å²) in [6.07, 6.45) is 1.74. The Morgan fingerprint density at radius 3 is 2.69 bits per heavy atom. The molecule has 4 heterocycles. The fraction of sp³-hybridized carbons (Fsp3) is 0.294. The summed E-state index contributed by atoms with van der Waals surface area (Å²) in [5, 5.41) is 9.57. The molecule has 0 amide bonds. The van der Waals surface area contributed by atoms with Crippen LogP contribution in [0.15, 0.2) is 24.4 Å². The maximum Gasteiger partial charge on any atom is 0.182 e. The van der Waals surface area contributed by atoms with Crippen molar-refractivity contribution in [3.63, 3.8) is 0 Å². The first-order valence-electron chi connectivity index (χ1n) is 8.16. The lowest BCUT2D eigenvalue weighted by Gasteiger charge is -2.19. The van der Waals surface area contributed by atoms with Gasteiger partial charge in [0, 0.05) is 20.3 Å². The van der Waals surface area contributed by atoms with Crippen molar-refractivity contribution in [2.24, 2.45) is 7.05 Å². The summed E-state index contributed by atoms with van der Waals surface area (Å²) >= 11 is 1.41. The van der Waals surface area contributed by atoms with E-state index in [2.05, 4.69) is 24.6 Å². The number of pyridine rings is 1. The van der Waals surface area contributed by atoms with Crippen molar-refractivity contribution in [1.82, 2.24) is 34.3 Å². The molecule has 4 rings (SSSR count). The van der Waals surface area contributed by atoms with Crippen LogP contribution >= 0.6 is 11.5 Å². The van der Waals surface area contributed by atoms with Crippen molar-refractivity contribution in [2.75, 3.05) is 11.9 Å². The van der Waals surface area contributed by atoms with Gasteiger partial charge in [0.05, 0.1) is 28.2 Å². The van der Waals surface area contributed by atoms with E-state index in [9.17, 15) is 0 Å². The van der Waals surface area contributed by atoms with Crippen LogP contribution in [0.25, 0.3) is 22.6 Å². The van der Waals surface area contributed by atoms with Gasteiger partial charge in [0.15, 0.2) is 11.5 Å². The molecule has 0 aliphatic rings. The third kappa shape index (κ3) is 2.80. The molecule has 0 atom stereocenters. The summed E-state index contributed by atoms with van der Waals surface area (Å²) < 4.78 is 5.81. The van der Waals surface area contributed by atoms with Crippen LogP contribution in [0, 0.1) is 13.8 Å². The molecule has 0 aromatic carbocycles. The Morgan fingerprint density at radius 1 is 1.15 bits per heavy atom. The molecule has 0 spiro atoms. The van der Waals surface area contributed by atoms with Gasteiger partial charge >= 0.3 is 0 Å². The van der Waals surface area contributed by atoms with Gasteiger partial charge in [0.1, 0.15) is 11.5 Å². The molecule has 26 heavy (non-hydrogen) atoms. The van der Waals surface area contributed by atoms with Crippen LogP contribution in [-0.4, -0.2) is 41.4 Å². The van der Waals surface area contributed by atoms with Crippen LogP contribution in [0.1, 0.15) is 16.3 Å². The molecule has 0 fully saturated rings. The maximum absolute atomic E-state index is 4.82. The smallest absolute Gasteiger partial charge is 0.182 e. The molecular weight excluding hydrogens is 348 g/mol. The van der Waals surface area contributed by atoms with Crippen LogP contribution in [0.3, 0.4) is 0 Å². The zero-order valence-electron chi connectivity index (χ0n) is 15.0. The van der Waals surface area contributed by atoms with Gasteiger partial charge in [-0.1, -0.05) is 10.6 Å². The quantitative estimate of drug-likeness (QED) is 0.548. The van der Waals surface area contributed by atoms with Crippen LogP contribution < -0.4 is 4.90 Å². The molecule has 0 unspecified atom stereocenters. The molecule has 4 aromatic rings. The van der Waals surface area contributed by atoms with E-state index in [0.29, 0.717) is 12.4 Å². The number of aromatic nitrogens is 7. The minimum absolute atomic E-state index is 0.585. The van der Waals surface area contributed by atoms with Gasteiger partial charge in [-0.15, -0.1) is 5.10 Å². The third-order valence-electron chi connectivity index (χ3n) is 4.22. The molecule has 0 aliphatic carbocycles. The number of rotatable bonds is 4. The van der Waals surface area contributed by atoms with Crippen molar-refractivity contribution in [3.05, 3.63) is 40.7 Å². The summed E-state index contributed by atoms with van der Waals surface area (Å²) in [6, 6.07) is 5.72. The topological polar surface area (TPSA) is 85.5 Å². The molecule has 0 saturated carbocycles. The first kappa shape index (κ1) is 16.5. The number of hydrogen-bond acceptors (Lipinski definition) is 8. The second kappa shape index (κ2) is 6.41. The second-order valence-corrected chi connectivity index (χ2v) is 6.97. The largest absolute Gasteiger partial charge is 0.354 e. The van der Waals surface area contributed by atoms with Gasteiger partial charge in [0.25, 0.3) is 0 Å². The van der Waals surface area contributed by atoms with E-state index in [4.69, 9.17) is 9.97 Å². The highest BCUT2D eigenvalue weighted by Gasteiger charge is 2.20. The number of hydrogen-bond donors (Lipinski definition) is 0. The van der Waals surface area contributed by atoms with Crippen molar-refractivity contribution < 1.29 is 0 Å². The molecule has 0 bridgehead atoms. The Morgan fingerprint density at radius 2 is 2.00 bits per heavy atom. The lowest BCUT2D eigenvalue weighted by molar-refractivity contribution is 0.773. The Labute approximate surface area is 154 Å². The Bertz CT molecular complexity index is 1070. The number of aryl methyl sites for hydroxylation is 3. The minimum Gasteiger partial charge on any atom is -0.354 e. The van der Waals surface area contributed by atoms with E-state index in [-0.39, 0.29) is 0 Å². The highest BCUT2D eigenvalue weighted by molar-refractivity contribution is 7.05. The summed E-state index contributed by atoms with van der Waals surface area (Å²) in [7, 11) is 3.90. The average molecular weight is 366 g/mol. The van der Waals surface area contributed by atoms with E-state index < -0.39 is 0 Å². The molecule has 0 aliphatic heterocycles. The van der Waals surface area contributed by atoms with Gasteiger partial charge in [-0.25, -0.2) is 9.97 Å². The van der Waals surface area contributed by atoms with Gasteiger partial charge in [-0.2, -0.15) is 5.10 Å². The van der Waals surface area contributed by atoms with Gasteiger partial charge in [0.2, 0.25) is 0 Å². The lowest BCUT2D eigenvalue weighted by atomic mass is 10.2. The summed E-state index contributed by atoms with van der Waals surface area (Å²) in [4.78, 5) is 17.1. The van der Waals surface area contributed by atoms with E-state index >= 15 is 0 Å². The number of nitrogens with zero attached hydrogens (tertiary/aromatic N) is 8. The van der Waals surface area contributed by atoms with Crippen LogP contribution in [0.4, 0.5) is 5.82 Å². The molecule has 0 saturated heterocycles. The first-order chi connectivity index (χ1) is 12.5. The second-order valence-electron chi connectivity index (χ2n) is 6.13. The lowest BCUT2D eigenvalue weighted by Crippen LogP contribution is -2.19. The summed E-state index contributed by atoms with van der Waals surface area (Å²) in [5.74, 6) is 1.41. The van der Waals surface area contributed by atoms with E-state index in [1.54, 1.807) is 10.9 Å². The third-order valence-corrected chi connectivity index (χ3v) is 5.03. The van der Waals surface area contributed by atoms with E-state index in [0.717, 1.165) is 38.8 Å². The van der Waals surface area contributed by atoms with E-state index in [1.807, 2.05) is 46.1 Å². The Hall–Kier alpha value is -2.94. The molecule has 132 valence electrons. The molecule has 0 N–H and O–H groups in total. The van der Waals surface area contributed by atoms with Gasteiger partial charge < -0.3 is 4.90 Å². The van der Waals surface area contributed by atoms with Crippen LogP contribution in [0.2, 0.25) is 0 Å². The highest BCUT2D eigenvalue weighted by atomic mass is 32.1. The predicted molar refractivity (Wildman–Crippen MR) is 101 cm³/mol. The van der Waals surface area contributed by atoms with Crippen LogP contribution in [0.5, 0.6) is 0 Å². The zero-order chi connectivity index (χ0) is 18.3. The Balaban J connectivity index is 1.87. The van der Waals surface area contributed by atoms with Crippen molar-refractivity contribution in [2.45, 2.75) is 20.4 Å². The highest BCUT2D eigenvalue weighted by Crippen LogP contribution is 2.29. The summed E-state index contributed by atoms with van der Waals surface area (Å²) in [5.41, 5.74) is 3.37. The van der Waals surface area contributed by atoms with E-state index in [1.165, 1.54) is 11.5 Å². The van der Waals surface area contributed by atoms with Crippen molar-refractivity contribution in [3.8, 4) is 11.5 Å². The van der Waals surface area contributed by atoms with Crippen LogP contribution in [-0.2, 0) is 13.6 Å². The SMILES string of the molecule is Cc1nnsc1CN(C)c1nc(-c2ccccn2)nc2c1c(C)nn2C. The maximum atomic E-state index is 4.82. The molecular formula is C17H18N8S. The van der Waals surface area contributed by atoms with Gasteiger partial charge in [-0.3, -0.25) is 9.67 Å². The zero-order valence-corrected chi connectivity index (χ0v) is 15.8. The molecule has 8 nitrogen and oxygen atoms in total. The molecule has 0 radical (unpaired) electrons. The minimum atomic E-state index is 0.585. The molecule has 4 aromatic heterocycles.